The van der Waals surface area contributed by atoms with Gasteiger partial charge in [-0.2, -0.15) is 4.98 Å². The van der Waals surface area contributed by atoms with E-state index in [0.29, 0.717) is 23.9 Å². The maximum Gasteiger partial charge on any atom is 0.373 e. The normalized spacial score (nSPS) is 10.5. The summed E-state index contributed by atoms with van der Waals surface area (Å²) in [6.45, 7) is 8.68. The Morgan fingerprint density at radius 2 is 1.79 bits per heavy atom. The molecule has 0 saturated carbocycles. The average molecular weight is 351 g/mol. The van der Waals surface area contributed by atoms with Crippen LogP contribution in [0.4, 0.5) is 11.5 Å². The van der Waals surface area contributed by atoms with Crippen LogP contribution in [0.3, 0.4) is 0 Å². The molecule has 0 atom stereocenters. The number of hydrogen-bond acceptors (Lipinski definition) is 6. The Balaban J connectivity index is 2.51. The molecule has 1 aromatic heterocycles. The summed E-state index contributed by atoms with van der Waals surface area (Å²) in [5.41, 5.74) is 1.41. The monoisotopic (exact) mass is 350 g/mol. The number of rotatable bonds is 6. The molecule has 0 aliphatic rings. The Bertz CT molecular complexity index is 740. The van der Waals surface area contributed by atoms with Gasteiger partial charge in [-0.15, -0.1) is 0 Å². The Morgan fingerprint density at radius 3 is 2.29 bits per heavy atom. The van der Waals surface area contributed by atoms with Crippen molar-refractivity contribution in [3.05, 3.63) is 44.7 Å². The minimum Gasteiger partial charge on any atom is -0.434 e. The zero-order valence-electron chi connectivity index (χ0n) is 14.0. The van der Waals surface area contributed by atoms with E-state index >= 15 is 0 Å². The Morgan fingerprint density at radius 1 is 1.21 bits per heavy atom. The van der Waals surface area contributed by atoms with Gasteiger partial charge in [-0.05, 0) is 51.0 Å². The van der Waals surface area contributed by atoms with E-state index in [1.807, 2.05) is 27.7 Å². The van der Waals surface area contributed by atoms with Crippen LogP contribution in [0.25, 0.3) is 0 Å². The van der Waals surface area contributed by atoms with Crippen LogP contribution in [0.2, 0.25) is 5.02 Å². The number of aromatic nitrogens is 2. The quantitative estimate of drug-likeness (QED) is 0.571. The minimum atomic E-state index is -0.515. The number of ether oxygens (including phenoxy) is 1. The Labute approximate surface area is 145 Å². The number of nitrogens with zero attached hydrogens (tertiary/aromatic N) is 4. The third kappa shape index (κ3) is 3.56. The first-order chi connectivity index (χ1) is 11.4. The summed E-state index contributed by atoms with van der Waals surface area (Å²) in [5, 5.41) is 12.2. The topological polar surface area (TPSA) is 81.4 Å². The molecule has 0 saturated heterocycles. The van der Waals surface area contributed by atoms with Gasteiger partial charge in [0.2, 0.25) is 5.82 Å². The number of aryl methyl sites for hydroxylation is 2. The molecule has 0 aliphatic heterocycles. The minimum absolute atomic E-state index is 0.0852. The van der Waals surface area contributed by atoms with Gasteiger partial charge in [0.15, 0.2) is 0 Å². The van der Waals surface area contributed by atoms with Gasteiger partial charge in [-0.25, -0.2) is 4.98 Å². The van der Waals surface area contributed by atoms with Gasteiger partial charge in [0.05, 0.1) is 4.92 Å². The molecule has 7 nitrogen and oxygen atoms in total. The first kappa shape index (κ1) is 17.9. The molecule has 0 aliphatic carbocycles. The molecule has 2 aromatic rings. The van der Waals surface area contributed by atoms with Gasteiger partial charge in [-0.3, -0.25) is 10.1 Å². The van der Waals surface area contributed by atoms with Crippen molar-refractivity contribution in [3.63, 3.8) is 0 Å². The summed E-state index contributed by atoms with van der Waals surface area (Å²) >= 11 is 6.14. The van der Waals surface area contributed by atoms with E-state index < -0.39 is 4.92 Å². The van der Waals surface area contributed by atoms with E-state index in [0.717, 1.165) is 11.1 Å². The van der Waals surface area contributed by atoms with E-state index in [2.05, 4.69) is 9.97 Å². The van der Waals surface area contributed by atoms with Crippen molar-refractivity contribution in [2.45, 2.75) is 27.7 Å². The maximum atomic E-state index is 11.6. The molecule has 0 bridgehead atoms. The lowest BCUT2D eigenvalue weighted by Gasteiger charge is -2.19. The Hall–Kier alpha value is -2.41. The highest BCUT2D eigenvalue weighted by molar-refractivity contribution is 6.32. The SMILES string of the molecule is CCN(CC)c1ncnc(Oc2cc(C)c(Cl)c(C)c2)c1[N+](=O)[O-]. The number of nitro groups is 1. The smallest absolute Gasteiger partial charge is 0.373 e. The van der Waals surface area contributed by atoms with Crippen LogP contribution in [0, 0.1) is 24.0 Å². The molecular weight excluding hydrogens is 332 g/mol. The fourth-order valence-electron chi connectivity index (χ4n) is 2.42. The van der Waals surface area contributed by atoms with Crippen LogP contribution < -0.4 is 9.64 Å². The standard InChI is InChI=1S/C16H19ClN4O3/c1-5-20(6-2)15-14(21(22)23)16(19-9-18-15)24-12-7-10(3)13(17)11(4)8-12/h7-9H,5-6H2,1-4H3. The molecular formula is C16H19ClN4O3. The van der Waals surface area contributed by atoms with E-state index in [9.17, 15) is 10.1 Å². The fraction of sp³-hybridized carbons (Fsp3) is 0.375. The fourth-order valence-corrected chi connectivity index (χ4v) is 2.53. The van der Waals surface area contributed by atoms with Gasteiger partial charge >= 0.3 is 11.6 Å². The van der Waals surface area contributed by atoms with Crippen molar-refractivity contribution >= 4 is 23.1 Å². The number of hydrogen-bond donors (Lipinski definition) is 0. The Kier molecular flexibility index (Phi) is 5.56. The van der Waals surface area contributed by atoms with Crippen LogP contribution in [0.15, 0.2) is 18.5 Å². The molecule has 0 radical (unpaired) electrons. The molecule has 1 heterocycles. The molecule has 0 N–H and O–H groups in total. The summed E-state index contributed by atoms with van der Waals surface area (Å²) in [5.74, 6) is 0.608. The molecule has 0 amide bonds. The molecule has 0 unspecified atom stereocenters. The summed E-state index contributed by atoms with van der Waals surface area (Å²) in [4.78, 5) is 20.8. The van der Waals surface area contributed by atoms with Gasteiger partial charge in [0.25, 0.3) is 0 Å². The number of benzene rings is 1. The van der Waals surface area contributed by atoms with Gasteiger partial charge < -0.3 is 9.64 Å². The summed E-state index contributed by atoms with van der Waals surface area (Å²) < 4.78 is 5.69. The molecule has 8 heteroatoms. The van der Waals surface area contributed by atoms with E-state index in [-0.39, 0.29) is 17.4 Å². The third-order valence-electron chi connectivity index (χ3n) is 3.64. The highest BCUT2D eigenvalue weighted by atomic mass is 35.5. The molecule has 0 spiro atoms. The second kappa shape index (κ2) is 7.44. The first-order valence-corrected chi connectivity index (χ1v) is 7.95. The zero-order chi connectivity index (χ0) is 17.9. The van der Waals surface area contributed by atoms with Crippen molar-refractivity contribution in [1.82, 2.24) is 9.97 Å². The molecule has 0 fully saturated rings. The average Bonchev–Trinajstić information content (AvgIpc) is 2.53. The predicted octanol–water partition coefficient (Wildman–Crippen LogP) is 4.29. The lowest BCUT2D eigenvalue weighted by Crippen LogP contribution is -2.24. The van der Waals surface area contributed by atoms with Crippen molar-refractivity contribution in [2.75, 3.05) is 18.0 Å². The highest BCUT2D eigenvalue weighted by Crippen LogP contribution is 2.37. The highest BCUT2D eigenvalue weighted by Gasteiger charge is 2.27. The number of halogens is 1. The zero-order valence-corrected chi connectivity index (χ0v) is 14.8. The summed E-state index contributed by atoms with van der Waals surface area (Å²) in [6.07, 6.45) is 1.27. The van der Waals surface area contributed by atoms with E-state index in [4.69, 9.17) is 16.3 Å². The molecule has 1 aromatic carbocycles. The maximum absolute atomic E-state index is 11.6. The molecule has 128 valence electrons. The number of anilines is 1. The van der Waals surface area contributed by atoms with Gasteiger partial charge in [-0.1, -0.05) is 11.6 Å². The van der Waals surface area contributed by atoms with Gasteiger partial charge in [0, 0.05) is 18.1 Å². The van der Waals surface area contributed by atoms with Crippen LogP contribution in [-0.4, -0.2) is 28.0 Å². The second-order valence-electron chi connectivity index (χ2n) is 5.25. The van der Waals surface area contributed by atoms with Crippen molar-refractivity contribution in [3.8, 4) is 11.6 Å². The van der Waals surface area contributed by atoms with E-state index in [1.165, 1.54) is 6.33 Å². The largest absolute Gasteiger partial charge is 0.434 e. The summed E-state index contributed by atoms with van der Waals surface area (Å²) in [7, 11) is 0. The third-order valence-corrected chi connectivity index (χ3v) is 4.24. The van der Waals surface area contributed by atoms with Crippen LogP contribution >= 0.6 is 11.6 Å². The van der Waals surface area contributed by atoms with Crippen LogP contribution in [-0.2, 0) is 0 Å². The van der Waals surface area contributed by atoms with Crippen molar-refractivity contribution in [1.29, 1.82) is 0 Å². The lowest BCUT2D eigenvalue weighted by atomic mass is 10.1. The second-order valence-corrected chi connectivity index (χ2v) is 5.63. The lowest BCUT2D eigenvalue weighted by molar-refractivity contribution is -0.385. The van der Waals surface area contributed by atoms with Gasteiger partial charge in [0.1, 0.15) is 12.1 Å². The first-order valence-electron chi connectivity index (χ1n) is 7.57. The van der Waals surface area contributed by atoms with Crippen molar-refractivity contribution < 1.29 is 9.66 Å². The summed E-state index contributed by atoms with van der Waals surface area (Å²) in [6, 6.07) is 3.44. The predicted molar refractivity (Wildman–Crippen MR) is 93.2 cm³/mol. The van der Waals surface area contributed by atoms with Crippen LogP contribution in [0.1, 0.15) is 25.0 Å². The van der Waals surface area contributed by atoms with E-state index in [1.54, 1.807) is 17.0 Å². The van der Waals surface area contributed by atoms with Crippen molar-refractivity contribution in [2.24, 2.45) is 0 Å². The van der Waals surface area contributed by atoms with Crippen LogP contribution in [0.5, 0.6) is 11.6 Å². The molecule has 2 rings (SSSR count). The molecule has 24 heavy (non-hydrogen) atoms.